The van der Waals surface area contributed by atoms with Crippen molar-refractivity contribution < 1.29 is 14.7 Å². The molecule has 2 unspecified atom stereocenters. The van der Waals surface area contributed by atoms with Gasteiger partial charge >= 0.3 is 12.0 Å². The molecule has 1 rings (SSSR count). The second kappa shape index (κ2) is 5.91. The first kappa shape index (κ1) is 15.3. The van der Waals surface area contributed by atoms with E-state index in [2.05, 4.69) is 6.07 Å². The van der Waals surface area contributed by atoms with E-state index in [1.54, 1.807) is 20.9 Å². The zero-order valence-corrected chi connectivity index (χ0v) is 11.7. The number of likely N-dealkylation sites (tertiary alicyclic amines) is 1. The Bertz CT molecular complexity index is 404. The molecule has 1 saturated heterocycles. The summed E-state index contributed by atoms with van der Waals surface area (Å²) in [5.41, 5.74) is -1.14. The number of carbonyl (C=O) groups excluding carboxylic acids is 1. The lowest BCUT2D eigenvalue weighted by atomic mass is 9.89. The van der Waals surface area contributed by atoms with Crippen LogP contribution in [0.3, 0.4) is 0 Å². The van der Waals surface area contributed by atoms with Crippen molar-refractivity contribution in [2.75, 3.05) is 20.1 Å². The van der Waals surface area contributed by atoms with Crippen LogP contribution in [0.15, 0.2) is 0 Å². The van der Waals surface area contributed by atoms with Crippen LogP contribution in [-0.4, -0.2) is 52.6 Å². The SMILES string of the molecule is CC(C#N)CN(C)C(=O)N1CCCCC1(C)C(=O)O. The number of carboxylic acid groups (broad SMARTS) is 1. The highest BCUT2D eigenvalue weighted by Gasteiger charge is 2.44. The Morgan fingerprint density at radius 1 is 1.53 bits per heavy atom. The van der Waals surface area contributed by atoms with E-state index in [9.17, 15) is 14.7 Å². The first-order valence-corrected chi connectivity index (χ1v) is 6.48. The molecule has 19 heavy (non-hydrogen) atoms. The van der Waals surface area contributed by atoms with Gasteiger partial charge in [0, 0.05) is 20.1 Å². The third-order valence-corrected chi connectivity index (χ3v) is 3.68. The number of nitriles is 1. The number of aliphatic carboxylic acids is 1. The fourth-order valence-corrected chi connectivity index (χ4v) is 2.39. The van der Waals surface area contributed by atoms with E-state index in [0.717, 1.165) is 12.8 Å². The van der Waals surface area contributed by atoms with Crippen molar-refractivity contribution in [2.24, 2.45) is 5.92 Å². The summed E-state index contributed by atoms with van der Waals surface area (Å²) in [4.78, 5) is 26.6. The van der Waals surface area contributed by atoms with Gasteiger partial charge in [-0.2, -0.15) is 5.26 Å². The lowest BCUT2D eigenvalue weighted by Gasteiger charge is -2.43. The molecule has 2 atom stereocenters. The summed E-state index contributed by atoms with van der Waals surface area (Å²) in [6, 6.07) is 1.76. The van der Waals surface area contributed by atoms with Crippen molar-refractivity contribution in [1.29, 1.82) is 5.26 Å². The van der Waals surface area contributed by atoms with Crippen LogP contribution in [0.1, 0.15) is 33.1 Å². The molecular formula is C13H21N3O3. The molecule has 106 valence electrons. The van der Waals surface area contributed by atoms with E-state index in [1.807, 2.05) is 0 Å². The predicted molar refractivity (Wildman–Crippen MR) is 69.4 cm³/mol. The summed E-state index contributed by atoms with van der Waals surface area (Å²) >= 11 is 0. The van der Waals surface area contributed by atoms with E-state index >= 15 is 0 Å². The minimum absolute atomic E-state index is 0.269. The topological polar surface area (TPSA) is 84.6 Å². The number of urea groups is 1. The van der Waals surface area contributed by atoms with Crippen LogP contribution >= 0.6 is 0 Å². The normalized spacial score (nSPS) is 24.4. The van der Waals surface area contributed by atoms with Crippen LogP contribution in [0.5, 0.6) is 0 Å². The molecule has 0 aromatic carbocycles. The number of amides is 2. The van der Waals surface area contributed by atoms with Gasteiger partial charge in [0.2, 0.25) is 0 Å². The number of carboxylic acids is 1. The van der Waals surface area contributed by atoms with Gasteiger partial charge in [-0.1, -0.05) is 0 Å². The van der Waals surface area contributed by atoms with Crippen molar-refractivity contribution in [3.63, 3.8) is 0 Å². The number of piperidine rings is 1. The molecule has 1 N–H and O–H groups in total. The van der Waals surface area contributed by atoms with E-state index in [0.29, 0.717) is 19.5 Å². The van der Waals surface area contributed by atoms with Crippen LogP contribution in [0.2, 0.25) is 0 Å². The maximum Gasteiger partial charge on any atom is 0.329 e. The number of hydrogen-bond donors (Lipinski definition) is 1. The predicted octanol–water partition coefficient (Wildman–Crippen LogP) is 1.53. The molecule has 6 heteroatoms. The average Bonchev–Trinajstić information content (AvgIpc) is 2.38. The van der Waals surface area contributed by atoms with Crippen LogP contribution in [0.4, 0.5) is 4.79 Å². The maximum atomic E-state index is 12.3. The van der Waals surface area contributed by atoms with Crippen molar-refractivity contribution in [2.45, 2.75) is 38.6 Å². The third-order valence-electron chi connectivity index (χ3n) is 3.68. The molecule has 0 spiro atoms. The van der Waals surface area contributed by atoms with E-state index in [-0.39, 0.29) is 11.9 Å². The summed E-state index contributed by atoms with van der Waals surface area (Å²) in [5, 5.41) is 18.1. The van der Waals surface area contributed by atoms with E-state index in [1.165, 1.54) is 9.80 Å². The molecule has 0 saturated carbocycles. The Balaban J connectivity index is 2.84. The summed E-state index contributed by atoms with van der Waals surface area (Å²) in [5.74, 6) is -1.24. The molecule has 1 aliphatic heterocycles. The smallest absolute Gasteiger partial charge is 0.329 e. The van der Waals surface area contributed by atoms with Gasteiger partial charge in [-0.15, -0.1) is 0 Å². The van der Waals surface area contributed by atoms with E-state index in [4.69, 9.17) is 5.26 Å². The number of nitrogens with zero attached hydrogens (tertiary/aromatic N) is 3. The molecule has 6 nitrogen and oxygen atoms in total. The Morgan fingerprint density at radius 2 is 2.16 bits per heavy atom. The van der Waals surface area contributed by atoms with E-state index < -0.39 is 11.5 Å². The second-order valence-corrected chi connectivity index (χ2v) is 5.38. The molecule has 1 heterocycles. The van der Waals surface area contributed by atoms with Gasteiger partial charge in [0.1, 0.15) is 5.54 Å². The number of hydrogen-bond acceptors (Lipinski definition) is 3. The highest BCUT2D eigenvalue weighted by Crippen LogP contribution is 2.29. The van der Waals surface area contributed by atoms with Gasteiger partial charge in [0.05, 0.1) is 12.0 Å². The summed E-state index contributed by atoms with van der Waals surface area (Å²) in [6.45, 7) is 4.08. The van der Waals surface area contributed by atoms with Crippen LogP contribution < -0.4 is 0 Å². The summed E-state index contributed by atoms with van der Waals surface area (Å²) < 4.78 is 0. The minimum atomic E-state index is -1.14. The lowest BCUT2D eigenvalue weighted by molar-refractivity contribution is -0.150. The molecule has 0 aromatic heterocycles. The highest BCUT2D eigenvalue weighted by atomic mass is 16.4. The molecule has 2 amide bonds. The Kier molecular flexibility index (Phi) is 4.76. The first-order valence-electron chi connectivity index (χ1n) is 6.48. The molecule has 1 aliphatic rings. The third kappa shape index (κ3) is 3.16. The first-order chi connectivity index (χ1) is 8.82. The van der Waals surface area contributed by atoms with Crippen molar-refractivity contribution >= 4 is 12.0 Å². The van der Waals surface area contributed by atoms with Crippen LogP contribution in [-0.2, 0) is 4.79 Å². The zero-order valence-electron chi connectivity index (χ0n) is 11.7. The van der Waals surface area contributed by atoms with Crippen molar-refractivity contribution in [1.82, 2.24) is 9.80 Å². The van der Waals surface area contributed by atoms with Gasteiger partial charge in [-0.05, 0) is 33.1 Å². The van der Waals surface area contributed by atoms with Crippen LogP contribution in [0.25, 0.3) is 0 Å². The Hall–Kier alpha value is -1.77. The molecule has 0 aromatic rings. The molecule has 1 fully saturated rings. The zero-order chi connectivity index (χ0) is 14.6. The van der Waals surface area contributed by atoms with Crippen LogP contribution in [0, 0.1) is 17.2 Å². The molecule has 0 bridgehead atoms. The summed E-state index contributed by atoms with van der Waals surface area (Å²) in [6.07, 6.45) is 2.09. The Labute approximate surface area is 113 Å². The largest absolute Gasteiger partial charge is 0.480 e. The number of carbonyl (C=O) groups is 2. The standard InChI is InChI=1S/C13H21N3O3/c1-10(8-14)9-15(3)12(19)16-7-5-4-6-13(16,2)11(17)18/h10H,4-7,9H2,1-3H3,(H,17,18). The molecular weight excluding hydrogens is 246 g/mol. The second-order valence-electron chi connectivity index (χ2n) is 5.38. The van der Waals surface area contributed by atoms with Gasteiger partial charge in [0.15, 0.2) is 0 Å². The monoisotopic (exact) mass is 267 g/mol. The van der Waals surface area contributed by atoms with Crippen molar-refractivity contribution in [3.8, 4) is 6.07 Å². The van der Waals surface area contributed by atoms with Gasteiger partial charge < -0.3 is 14.9 Å². The van der Waals surface area contributed by atoms with Gasteiger partial charge in [0.25, 0.3) is 0 Å². The maximum absolute atomic E-state index is 12.3. The molecule has 0 radical (unpaired) electrons. The molecule has 0 aliphatic carbocycles. The fourth-order valence-electron chi connectivity index (χ4n) is 2.39. The summed E-state index contributed by atoms with van der Waals surface area (Å²) in [7, 11) is 1.60. The van der Waals surface area contributed by atoms with Gasteiger partial charge in [-0.25, -0.2) is 9.59 Å². The Morgan fingerprint density at radius 3 is 2.68 bits per heavy atom. The average molecular weight is 267 g/mol. The fraction of sp³-hybridized carbons (Fsp3) is 0.769. The van der Waals surface area contributed by atoms with Gasteiger partial charge in [-0.3, -0.25) is 0 Å². The van der Waals surface area contributed by atoms with Crippen molar-refractivity contribution in [3.05, 3.63) is 0 Å². The minimum Gasteiger partial charge on any atom is -0.480 e. The lowest BCUT2D eigenvalue weighted by Crippen LogP contribution is -2.60. The quantitative estimate of drug-likeness (QED) is 0.840. The number of rotatable bonds is 3. The highest BCUT2D eigenvalue weighted by molar-refractivity contribution is 5.86.